The predicted octanol–water partition coefficient (Wildman–Crippen LogP) is 0.796. The molecule has 0 radical (unpaired) electrons. The first kappa shape index (κ1) is 13.2. The molecular formula is C8H16N4O2S2. The normalized spacial score (nSPS) is 12.4. The van der Waals surface area contributed by atoms with Crippen LogP contribution in [0.5, 0.6) is 0 Å². The summed E-state index contributed by atoms with van der Waals surface area (Å²) in [5.41, 5.74) is 5.59. The molecule has 0 spiro atoms. The van der Waals surface area contributed by atoms with Crippen LogP contribution in [-0.4, -0.2) is 37.2 Å². The minimum atomic E-state index is -3.55. The average molecular weight is 264 g/mol. The van der Waals surface area contributed by atoms with E-state index in [4.69, 9.17) is 5.73 Å². The van der Waals surface area contributed by atoms with E-state index in [2.05, 4.69) is 9.69 Å². The molecule has 0 aromatic carbocycles. The molecule has 92 valence electrons. The van der Waals surface area contributed by atoms with Crippen molar-refractivity contribution in [1.29, 1.82) is 0 Å². The van der Waals surface area contributed by atoms with Crippen LogP contribution in [0.25, 0.3) is 0 Å². The molecule has 1 aromatic rings. The molecule has 0 saturated heterocycles. The van der Waals surface area contributed by atoms with Gasteiger partial charge in [-0.05, 0) is 25.4 Å². The number of sulfonamides is 1. The molecule has 0 fully saturated rings. The van der Waals surface area contributed by atoms with Gasteiger partial charge in [0.1, 0.15) is 5.00 Å². The number of nitrogens with two attached hydrogens (primary N) is 1. The molecule has 0 unspecified atom stereocenters. The molecule has 6 nitrogen and oxygen atoms in total. The molecule has 0 aliphatic heterocycles. The number of anilines is 2. The summed E-state index contributed by atoms with van der Waals surface area (Å²) in [5.74, 6) is 0.0434. The highest BCUT2D eigenvalue weighted by Crippen LogP contribution is 2.33. The first-order valence-electron chi connectivity index (χ1n) is 4.71. The zero-order valence-electron chi connectivity index (χ0n) is 9.68. The van der Waals surface area contributed by atoms with Crippen molar-refractivity contribution in [3.05, 3.63) is 0 Å². The fourth-order valence-corrected chi connectivity index (χ4v) is 3.29. The van der Waals surface area contributed by atoms with Gasteiger partial charge in [-0.15, -0.1) is 0 Å². The van der Waals surface area contributed by atoms with Gasteiger partial charge in [-0.3, -0.25) is 0 Å². The molecule has 16 heavy (non-hydrogen) atoms. The van der Waals surface area contributed by atoms with Crippen molar-refractivity contribution in [3.8, 4) is 0 Å². The lowest BCUT2D eigenvalue weighted by molar-refractivity contribution is 0.521. The minimum Gasteiger partial charge on any atom is -0.382 e. The van der Waals surface area contributed by atoms with Gasteiger partial charge in [0, 0.05) is 20.1 Å². The number of nitrogen functional groups attached to an aromatic ring is 1. The molecule has 0 amide bonds. The fourth-order valence-electron chi connectivity index (χ4n) is 1.08. The third kappa shape index (κ3) is 2.45. The van der Waals surface area contributed by atoms with Crippen LogP contribution >= 0.6 is 11.5 Å². The lowest BCUT2D eigenvalue weighted by atomic mass is 10.4. The molecule has 0 atom stereocenters. The van der Waals surface area contributed by atoms with Crippen LogP contribution in [0.15, 0.2) is 4.90 Å². The van der Waals surface area contributed by atoms with Crippen LogP contribution in [0, 0.1) is 0 Å². The maximum atomic E-state index is 12.0. The number of hydrogen-bond acceptors (Lipinski definition) is 6. The van der Waals surface area contributed by atoms with E-state index in [1.807, 2.05) is 13.8 Å². The molecule has 3 N–H and O–H groups in total. The van der Waals surface area contributed by atoms with E-state index in [-0.39, 0.29) is 16.8 Å². The van der Waals surface area contributed by atoms with E-state index in [1.54, 1.807) is 0 Å². The number of aromatic nitrogens is 1. The second-order valence-corrected chi connectivity index (χ2v) is 6.67. The largest absolute Gasteiger partial charge is 0.382 e. The Hall–Kier alpha value is -0.860. The molecule has 1 rings (SSSR count). The highest BCUT2D eigenvalue weighted by Gasteiger charge is 2.27. The van der Waals surface area contributed by atoms with E-state index < -0.39 is 10.0 Å². The monoisotopic (exact) mass is 264 g/mol. The molecule has 0 aliphatic carbocycles. The van der Waals surface area contributed by atoms with Crippen LogP contribution in [0.1, 0.15) is 13.8 Å². The number of hydrogen-bond donors (Lipinski definition) is 2. The Morgan fingerprint density at radius 2 is 2.00 bits per heavy atom. The third-order valence-corrected chi connectivity index (χ3v) is 4.64. The second kappa shape index (κ2) is 4.56. The van der Waals surface area contributed by atoms with E-state index in [0.717, 1.165) is 15.8 Å². The molecule has 1 aromatic heterocycles. The van der Waals surface area contributed by atoms with Gasteiger partial charge in [-0.25, -0.2) is 12.7 Å². The van der Waals surface area contributed by atoms with E-state index in [0.29, 0.717) is 5.00 Å². The highest BCUT2D eigenvalue weighted by atomic mass is 32.2. The van der Waals surface area contributed by atoms with Gasteiger partial charge in [0.25, 0.3) is 0 Å². The molecule has 8 heteroatoms. The van der Waals surface area contributed by atoms with Crippen molar-refractivity contribution in [2.24, 2.45) is 0 Å². The molecular weight excluding hydrogens is 248 g/mol. The highest BCUT2D eigenvalue weighted by molar-refractivity contribution is 7.89. The summed E-state index contributed by atoms with van der Waals surface area (Å²) >= 11 is 1.06. The van der Waals surface area contributed by atoms with Gasteiger partial charge in [0.2, 0.25) is 10.0 Å². The Morgan fingerprint density at radius 3 is 2.44 bits per heavy atom. The summed E-state index contributed by atoms with van der Waals surface area (Å²) in [6.07, 6.45) is 0. The van der Waals surface area contributed by atoms with Gasteiger partial charge in [-0.1, -0.05) is 0 Å². The maximum absolute atomic E-state index is 12.0. The van der Waals surface area contributed by atoms with Gasteiger partial charge >= 0.3 is 0 Å². The van der Waals surface area contributed by atoms with Crippen LogP contribution < -0.4 is 11.1 Å². The molecule has 1 heterocycles. The van der Waals surface area contributed by atoms with Crippen molar-refractivity contribution >= 4 is 32.4 Å². The Labute approximate surface area is 99.7 Å². The summed E-state index contributed by atoms with van der Waals surface area (Å²) in [7, 11) is -0.619. The summed E-state index contributed by atoms with van der Waals surface area (Å²) in [6, 6.07) is 0.121. The summed E-state index contributed by atoms with van der Waals surface area (Å²) in [4.78, 5) is 0.0659. The van der Waals surface area contributed by atoms with Crippen LogP contribution in [-0.2, 0) is 10.0 Å². The Kier molecular flexibility index (Phi) is 3.76. The Morgan fingerprint density at radius 1 is 1.44 bits per heavy atom. The number of nitrogens with one attached hydrogen (secondary N) is 1. The summed E-state index contributed by atoms with van der Waals surface area (Å²) < 4.78 is 29.0. The lowest BCUT2D eigenvalue weighted by Crippen LogP contribution is -2.24. The SMILES string of the molecule is CC(C)Nc1snc(N)c1S(=O)(=O)N(C)C. The van der Waals surface area contributed by atoms with E-state index >= 15 is 0 Å². The Balaban J connectivity index is 3.27. The van der Waals surface area contributed by atoms with Crippen LogP contribution in [0.3, 0.4) is 0 Å². The lowest BCUT2D eigenvalue weighted by Gasteiger charge is -2.14. The van der Waals surface area contributed by atoms with Crippen molar-refractivity contribution in [1.82, 2.24) is 8.68 Å². The quantitative estimate of drug-likeness (QED) is 0.839. The molecule has 0 bridgehead atoms. The van der Waals surface area contributed by atoms with Crippen molar-refractivity contribution in [2.45, 2.75) is 24.8 Å². The first-order valence-corrected chi connectivity index (χ1v) is 6.92. The fraction of sp³-hybridized carbons (Fsp3) is 0.625. The van der Waals surface area contributed by atoms with Gasteiger partial charge in [0.15, 0.2) is 10.7 Å². The van der Waals surface area contributed by atoms with Gasteiger partial charge < -0.3 is 11.1 Å². The molecule has 0 saturated carbocycles. The molecule has 0 aliphatic rings. The standard InChI is InChI=1S/C8H16N4O2S2/c1-5(2)10-8-6(7(9)11-15-8)16(13,14)12(3)4/h5,10H,1-4H3,(H2,9,11). The zero-order valence-corrected chi connectivity index (χ0v) is 11.3. The van der Waals surface area contributed by atoms with Crippen LogP contribution in [0.2, 0.25) is 0 Å². The summed E-state index contributed by atoms with van der Waals surface area (Å²) in [6.45, 7) is 3.84. The van der Waals surface area contributed by atoms with Crippen molar-refractivity contribution in [2.75, 3.05) is 25.1 Å². The smallest absolute Gasteiger partial charge is 0.249 e. The Bertz CT molecular complexity index is 464. The minimum absolute atomic E-state index is 0.0434. The zero-order chi connectivity index (χ0) is 12.5. The van der Waals surface area contributed by atoms with Crippen molar-refractivity contribution < 1.29 is 8.42 Å². The third-order valence-electron chi connectivity index (χ3n) is 1.83. The maximum Gasteiger partial charge on any atom is 0.249 e. The second-order valence-electron chi connectivity index (χ2n) is 3.81. The average Bonchev–Trinajstić information content (AvgIpc) is 2.46. The van der Waals surface area contributed by atoms with E-state index in [9.17, 15) is 8.42 Å². The van der Waals surface area contributed by atoms with Crippen molar-refractivity contribution in [3.63, 3.8) is 0 Å². The first-order chi connectivity index (χ1) is 7.26. The predicted molar refractivity (Wildman–Crippen MR) is 66.2 cm³/mol. The topological polar surface area (TPSA) is 88.3 Å². The van der Waals surface area contributed by atoms with E-state index in [1.165, 1.54) is 14.1 Å². The van der Waals surface area contributed by atoms with Gasteiger partial charge in [0.05, 0.1) is 0 Å². The number of rotatable bonds is 4. The summed E-state index contributed by atoms with van der Waals surface area (Å²) in [5, 5.41) is 3.51. The van der Waals surface area contributed by atoms with Gasteiger partial charge in [-0.2, -0.15) is 4.37 Å². The number of nitrogens with zero attached hydrogens (tertiary/aromatic N) is 2. The van der Waals surface area contributed by atoms with Crippen LogP contribution in [0.4, 0.5) is 10.8 Å².